The third-order valence-corrected chi connectivity index (χ3v) is 7.38. The molecule has 2 heterocycles. The van der Waals surface area contributed by atoms with E-state index < -0.39 is 23.1 Å². The second-order valence-electron chi connectivity index (χ2n) is 8.63. The normalized spacial score (nSPS) is 35.1. The smallest absolute Gasteiger partial charge is 0.329 e. The first kappa shape index (κ1) is 19.1. The number of para-hydroxylation sites is 1. The van der Waals surface area contributed by atoms with Crippen LogP contribution < -0.4 is 4.74 Å². The first-order valence-corrected chi connectivity index (χ1v) is 10.9. The minimum absolute atomic E-state index is 0.0185. The highest BCUT2D eigenvalue weighted by Gasteiger charge is 2.72. The van der Waals surface area contributed by atoms with E-state index in [2.05, 4.69) is 0 Å². The second kappa shape index (κ2) is 7.10. The molecule has 1 aromatic carbocycles. The first-order valence-electron chi connectivity index (χ1n) is 10.9. The van der Waals surface area contributed by atoms with Crippen LogP contribution in [0.15, 0.2) is 24.3 Å². The van der Waals surface area contributed by atoms with Crippen molar-refractivity contribution in [3.05, 3.63) is 29.8 Å². The molecule has 0 amide bonds. The summed E-state index contributed by atoms with van der Waals surface area (Å²) in [6.07, 6.45) is 5.01. The molecule has 0 radical (unpaired) electrons. The van der Waals surface area contributed by atoms with Gasteiger partial charge in [-0.05, 0) is 43.7 Å². The Hall–Kier alpha value is -1.92. The molecule has 2 aliphatic carbocycles. The summed E-state index contributed by atoms with van der Waals surface area (Å²) < 4.78 is 24.0. The molecule has 1 saturated heterocycles. The van der Waals surface area contributed by atoms with Crippen molar-refractivity contribution in [2.45, 2.75) is 57.2 Å². The first-order chi connectivity index (χ1) is 14.1. The molecule has 6 heteroatoms. The fourth-order valence-corrected chi connectivity index (χ4v) is 6.30. The molecule has 1 aromatic rings. The minimum atomic E-state index is -1.33. The molecular formula is C23H28O6. The maximum absolute atomic E-state index is 13.6. The Morgan fingerprint density at radius 3 is 2.59 bits per heavy atom. The van der Waals surface area contributed by atoms with Crippen molar-refractivity contribution in [1.29, 1.82) is 0 Å². The summed E-state index contributed by atoms with van der Waals surface area (Å²) >= 11 is 0. The molecule has 0 aromatic heterocycles. The molecule has 156 valence electrons. The van der Waals surface area contributed by atoms with Gasteiger partial charge in [-0.15, -0.1) is 0 Å². The fraction of sp³-hybridized carbons (Fsp3) is 0.652. The number of hydrogen-bond acceptors (Lipinski definition) is 6. The third kappa shape index (κ3) is 2.61. The average molecular weight is 400 g/mol. The van der Waals surface area contributed by atoms with Crippen LogP contribution in [0.4, 0.5) is 0 Å². The van der Waals surface area contributed by atoms with E-state index in [0.717, 1.165) is 37.7 Å². The molecule has 0 N–H and O–H groups in total. The Balaban J connectivity index is 1.71. The lowest BCUT2D eigenvalue weighted by molar-refractivity contribution is -0.332. The van der Waals surface area contributed by atoms with E-state index in [1.807, 2.05) is 18.2 Å². The number of fused-ring (bicyclic) bond motifs is 6. The zero-order valence-electron chi connectivity index (χ0n) is 16.9. The van der Waals surface area contributed by atoms with Crippen molar-refractivity contribution < 1.29 is 28.5 Å². The summed E-state index contributed by atoms with van der Waals surface area (Å²) in [6, 6.07) is 7.53. The predicted molar refractivity (Wildman–Crippen MR) is 103 cm³/mol. The van der Waals surface area contributed by atoms with Gasteiger partial charge in [0.15, 0.2) is 11.2 Å². The van der Waals surface area contributed by atoms with Crippen molar-refractivity contribution in [1.82, 2.24) is 0 Å². The van der Waals surface area contributed by atoms with E-state index in [0.29, 0.717) is 25.4 Å². The Morgan fingerprint density at radius 1 is 1.10 bits per heavy atom. The Kier molecular flexibility index (Phi) is 4.67. The summed E-state index contributed by atoms with van der Waals surface area (Å²) in [7, 11) is 0. The van der Waals surface area contributed by atoms with E-state index in [1.54, 1.807) is 13.0 Å². The van der Waals surface area contributed by atoms with Crippen LogP contribution in [-0.2, 0) is 23.8 Å². The van der Waals surface area contributed by atoms with E-state index >= 15 is 0 Å². The second-order valence-corrected chi connectivity index (χ2v) is 8.63. The lowest BCUT2D eigenvalue weighted by atomic mass is 9.49. The SMILES string of the molecule is CCOC(=O)C12C(=O)Oc3ccccc3C1CC1(OCCCO1)C1CCCCC12. The predicted octanol–water partition coefficient (Wildman–Crippen LogP) is 3.58. The van der Waals surface area contributed by atoms with Gasteiger partial charge in [0, 0.05) is 18.3 Å². The maximum Gasteiger partial charge on any atom is 0.329 e. The van der Waals surface area contributed by atoms with Gasteiger partial charge in [0.05, 0.1) is 19.8 Å². The highest BCUT2D eigenvalue weighted by atomic mass is 16.7. The van der Waals surface area contributed by atoms with Crippen LogP contribution in [0.5, 0.6) is 5.75 Å². The molecule has 4 unspecified atom stereocenters. The molecular weight excluding hydrogens is 372 g/mol. The number of rotatable bonds is 2. The molecule has 2 saturated carbocycles. The molecule has 29 heavy (non-hydrogen) atoms. The van der Waals surface area contributed by atoms with Crippen LogP contribution in [0, 0.1) is 17.3 Å². The molecule has 2 aliphatic heterocycles. The van der Waals surface area contributed by atoms with Gasteiger partial charge in [0.25, 0.3) is 0 Å². The lowest BCUT2D eigenvalue weighted by Gasteiger charge is -2.60. The maximum atomic E-state index is 13.6. The van der Waals surface area contributed by atoms with E-state index in [4.69, 9.17) is 18.9 Å². The van der Waals surface area contributed by atoms with Gasteiger partial charge in [0.1, 0.15) is 5.75 Å². The molecule has 4 atom stereocenters. The number of ether oxygens (including phenoxy) is 4. The summed E-state index contributed by atoms with van der Waals surface area (Å²) in [4.78, 5) is 27.0. The van der Waals surface area contributed by atoms with Gasteiger partial charge in [-0.3, -0.25) is 9.59 Å². The number of hydrogen-bond donors (Lipinski definition) is 0. The highest BCUT2D eigenvalue weighted by molar-refractivity contribution is 6.04. The van der Waals surface area contributed by atoms with Crippen LogP contribution in [0.1, 0.15) is 56.9 Å². The Morgan fingerprint density at radius 2 is 1.83 bits per heavy atom. The van der Waals surface area contributed by atoms with E-state index in [1.165, 1.54) is 0 Å². The average Bonchev–Trinajstić information content (AvgIpc) is 2.75. The zero-order valence-corrected chi connectivity index (χ0v) is 16.9. The minimum Gasteiger partial charge on any atom is -0.465 e. The number of esters is 2. The standard InChI is InChI=1S/C23H28O6/c1-2-26-20(24)23-17-10-5-4-9-16(17)22(27-12-7-13-28-22)14-18(23)15-8-3-6-11-19(15)29-21(23)25/h3,6,8,11,16-18H,2,4-5,7,9-10,12-14H2,1H3. The van der Waals surface area contributed by atoms with Crippen molar-refractivity contribution in [2.24, 2.45) is 17.3 Å². The van der Waals surface area contributed by atoms with Crippen molar-refractivity contribution in [3.63, 3.8) is 0 Å². The highest BCUT2D eigenvalue weighted by Crippen LogP contribution is 2.65. The Bertz CT molecular complexity index is 813. The fourth-order valence-electron chi connectivity index (χ4n) is 6.30. The summed E-state index contributed by atoms with van der Waals surface area (Å²) in [6.45, 7) is 3.31. The van der Waals surface area contributed by atoms with Gasteiger partial charge < -0.3 is 18.9 Å². The van der Waals surface area contributed by atoms with Crippen LogP contribution in [0.2, 0.25) is 0 Å². The van der Waals surface area contributed by atoms with Gasteiger partial charge in [-0.25, -0.2) is 0 Å². The van der Waals surface area contributed by atoms with Crippen LogP contribution in [0.3, 0.4) is 0 Å². The number of carbonyl (C=O) groups is 2. The molecule has 4 aliphatic rings. The number of benzene rings is 1. The molecule has 6 nitrogen and oxygen atoms in total. The summed E-state index contributed by atoms with van der Waals surface area (Å²) in [5, 5.41) is 0. The molecule has 5 rings (SSSR count). The summed E-state index contributed by atoms with van der Waals surface area (Å²) in [5.74, 6) is -1.74. The van der Waals surface area contributed by atoms with Crippen molar-refractivity contribution in [3.8, 4) is 5.75 Å². The van der Waals surface area contributed by atoms with Gasteiger partial charge in [-0.2, -0.15) is 0 Å². The van der Waals surface area contributed by atoms with E-state index in [-0.39, 0.29) is 24.4 Å². The van der Waals surface area contributed by atoms with Crippen LogP contribution in [-0.4, -0.2) is 37.5 Å². The quantitative estimate of drug-likeness (QED) is 0.429. The Labute approximate surface area is 170 Å². The monoisotopic (exact) mass is 400 g/mol. The zero-order chi connectivity index (χ0) is 20.1. The largest absolute Gasteiger partial charge is 0.465 e. The van der Waals surface area contributed by atoms with Crippen LogP contribution in [0.25, 0.3) is 0 Å². The number of carbonyl (C=O) groups excluding carboxylic acids is 2. The lowest BCUT2D eigenvalue weighted by Crippen LogP contribution is -2.67. The third-order valence-electron chi connectivity index (χ3n) is 7.38. The van der Waals surface area contributed by atoms with Gasteiger partial charge in [0.2, 0.25) is 0 Å². The van der Waals surface area contributed by atoms with Gasteiger partial charge in [-0.1, -0.05) is 31.0 Å². The van der Waals surface area contributed by atoms with Crippen molar-refractivity contribution >= 4 is 11.9 Å². The van der Waals surface area contributed by atoms with Crippen LogP contribution >= 0.6 is 0 Å². The molecule has 3 fully saturated rings. The van der Waals surface area contributed by atoms with Crippen molar-refractivity contribution in [2.75, 3.05) is 19.8 Å². The summed E-state index contributed by atoms with van der Waals surface area (Å²) in [5.41, 5.74) is -0.452. The molecule has 1 spiro atoms. The van der Waals surface area contributed by atoms with E-state index in [9.17, 15) is 9.59 Å². The topological polar surface area (TPSA) is 71.1 Å². The molecule has 0 bridgehead atoms. The van der Waals surface area contributed by atoms with Gasteiger partial charge >= 0.3 is 11.9 Å².